The molecule has 0 aromatic carbocycles. The van der Waals surface area contributed by atoms with Crippen molar-refractivity contribution >= 4 is 11.6 Å². The summed E-state index contributed by atoms with van der Waals surface area (Å²) in [6.45, 7) is 3.78. The van der Waals surface area contributed by atoms with Gasteiger partial charge in [-0.05, 0) is 44.7 Å². The van der Waals surface area contributed by atoms with E-state index in [1.807, 2.05) is 13.8 Å². The lowest BCUT2D eigenvalue weighted by atomic mass is 9.95. The largest absolute Gasteiger partial charge is 0.461 e. The van der Waals surface area contributed by atoms with Gasteiger partial charge in [-0.1, -0.05) is 0 Å². The third kappa shape index (κ3) is 4.45. The number of aromatic nitrogens is 3. The Kier molecular flexibility index (Phi) is 5.37. The van der Waals surface area contributed by atoms with E-state index in [-0.39, 0.29) is 35.6 Å². The third-order valence-corrected chi connectivity index (χ3v) is 3.26. The molecular formula is C13H20ClN3O3. The molecule has 1 heterocycles. The van der Waals surface area contributed by atoms with Crippen LogP contribution in [0.15, 0.2) is 0 Å². The molecule has 0 aliphatic heterocycles. The van der Waals surface area contributed by atoms with Crippen LogP contribution in [0.25, 0.3) is 0 Å². The summed E-state index contributed by atoms with van der Waals surface area (Å²) in [5, 5.41) is 0.0738. The van der Waals surface area contributed by atoms with Gasteiger partial charge in [-0.2, -0.15) is 9.97 Å². The number of halogens is 1. The fourth-order valence-electron chi connectivity index (χ4n) is 2.20. The van der Waals surface area contributed by atoms with Crippen molar-refractivity contribution in [3.63, 3.8) is 0 Å². The lowest BCUT2D eigenvalue weighted by Crippen LogP contribution is -2.30. The van der Waals surface area contributed by atoms with Crippen molar-refractivity contribution in [2.24, 2.45) is 0 Å². The topological polar surface area (TPSA) is 66.4 Å². The van der Waals surface area contributed by atoms with E-state index in [2.05, 4.69) is 15.0 Å². The highest BCUT2D eigenvalue weighted by Crippen LogP contribution is 2.24. The highest BCUT2D eigenvalue weighted by Gasteiger charge is 2.24. The Hall–Kier alpha value is -1.14. The molecule has 1 aliphatic rings. The second kappa shape index (κ2) is 7.04. The van der Waals surface area contributed by atoms with Crippen molar-refractivity contribution in [1.82, 2.24) is 15.0 Å². The molecule has 0 saturated heterocycles. The van der Waals surface area contributed by atoms with Gasteiger partial charge in [-0.25, -0.2) is 0 Å². The van der Waals surface area contributed by atoms with Gasteiger partial charge in [0.05, 0.1) is 12.2 Å². The smallest absolute Gasteiger partial charge is 0.324 e. The fourth-order valence-corrected chi connectivity index (χ4v) is 2.35. The van der Waals surface area contributed by atoms with Crippen LogP contribution in [0.4, 0.5) is 0 Å². The van der Waals surface area contributed by atoms with Gasteiger partial charge in [0, 0.05) is 13.5 Å². The van der Waals surface area contributed by atoms with Crippen molar-refractivity contribution in [3.05, 3.63) is 5.28 Å². The molecule has 112 valence electrons. The summed E-state index contributed by atoms with van der Waals surface area (Å²) in [6.07, 6.45) is 4.17. The molecule has 2 unspecified atom stereocenters. The van der Waals surface area contributed by atoms with E-state index < -0.39 is 0 Å². The van der Waals surface area contributed by atoms with Gasteiger partial charge in [0.2, 0.25) is 5.28 Å². The van der Waals surface area contributed by atoms with Crippen molar-refractivity contribution in [3.8, 4) is 12.0 Å². The number of nitrogens with zero attached hydrogens (tertiary/aromatic N) is 3. The van der Waals surface area contributed by atoms with Gasteiger partial charge in [-0.3, -0.25) is 0 Å². The molecule has 1 aromatic heterocycles. The molecule has 1 aliphatic carbocycles. The number of hydrogen-bond acceptors (Lipinski definition) is 6. The monoisotopic (exact) mass is 301 g/mol. The summed E-state index contributed by atoms with van der Waals surface area (Å²) >= 11 is 5.86. The van der Waals surface area contributed by atoms with E-state index in [1.54, 1.807) is 7.11 Å². The number of ether oxygens (including phenoxy) is 3. The Labute approximate surface area is 123 Å². The molecule has 7 heteroatoms. The molecule has 1 saturated carbocycles. The first-order valence-electron chi connectivity index (χ1n) is 6.84. The van der Waals surface area contributed by atoms with Gasteiger partial charge in [0.15, 0.2) is 0 Å². The molecule has 1 fully saturated rings. The third-order valence-electron chi connectivity index (χ3n) is 3.09. The van der Waals surface area contributed by atoms with Crippen molar-refractivity contribution < 1.29 is 14.2 Å². The Morgan fingerprint density at radius 3 is 2.50 bits per heavy atom. The summed E-state index contributed by atoms with van der Waals surface area (Å²) < 4.78 is 16.6. The van der Waals surface area contributed by atoms with Crippen LogP contribution < -0.4 is 9.47 Å². The van der Waals surface area contributed by atoms with Crippen LogP contribution in [-0.2, 0) is 4.74 Å². The zero-order valence-corrected chi connectivity index (χ0v) is 12.8. The lowest BCUT2D eigenvalue weighted by Gasteiger charge is -2.27. The predicted octanol–water partition coefficient (Wildman–Crippen LogP) is 2.65. The van der Waals surface area contributed by atoms with E-state index in [9.17, 15) is 0 Å². The quantitative estimate of drug-likeness (QED) is 0.833. The second-order valence-electron chi connectivity index (χ2n) is 5.10. The molecule has 0 spiro atoms. The van der Waals surface area contributed by atoms with Crippen LogP contribution in [0.2, 0.25) is 5.28 Å². The van der Waals surface area contributed by atoms with Gasteiger partial charge in [-0.15, -0.1) is 4.98 Å². The summed E-state index contributed by atoms with van der Waals surface area (Å²) in [5.41, 5.74) is 0. The summed E-state index contributed by atoms with van der Waals surface area (Å²) in [4.78, 5) is 12.0. The van der Waals surface area contributed by atoms with Gasteiger partial charge in [0.1, 0.15) is 6.10 Å². The average molecular weight is 302 g/mol. The van der Waals surface area contributed by atoms with E-state index in [4.69, 9.17) is 25.8 Å². The molecule has 0 amide bonds. The summed E-state index contributed by atoms with van der Waals surface area (Å²) in [5.74, 6) is 0. The van der Waals surface area contributed by atoms with Gasteiger partial charge >= 0.3 is 12.0 Å². The van der Waals surface area contributed by atoms with Crippen LogP contribution in [-0.4, -0.2) is 40.4 Å². The first kappa shape index (κ1) is 15.3. The first-order chi connectivity index (χ1) is 9.56. The van der Waals surface area contributed by atoms with Gasteiger partial charge in [0.25, 0.3) is 0 Å². The molecule has 6 nitrogen and oxygen atoms in total. The number of hydrogen-bond donors (Lipinski definition) is 0. The van der Waals surface area contributed by atoms with Crippen LogP contribution in [0, 0.1) is 0 Å². The Balaban J connectivity index is 2.02. The maximum Gasteiger partial charge on any atom is 0.324 e. The minimum Gasteiger partial charge on any atom is -0.461 e. The maximum atomic E-state index is 5.86. The normalized spacial score (nSPS) is 22.9. The predicted molar refractivity (Wildman–Crippen MR) is 74.3 cm³/mol. The average Bonchev–Trinajstić information content (AvgIpc) is 2.37. The van der Waals surface area contributed by atoms with Crippen LogP contribution in [0.3, 0.4) is 0 Å². The molecule has 1 aromatic rings. The second-order valence-corrected chi connectivity index (χ2v) is 5.44. The molecule has 0 radical (unpaired) electrons. The summed E-state index contributed by atoms with van der Waals surface area (Å²) in [7, 11) is 1.72. The number of methoxy groups -OCH3 is 1. The zero-order valence-electron chi connectivity index (χ0n) is 12.0. The van der Waals surface area contributed by atoms with Crippen molar-refractivity contribution in [2.75, 3.05) is 7.11 Å². The SMILES string of the molecule is COC1CCCC(Oc2nc(Cl)nc(OC(C)C)n2)C1. The standard InChI is InChI=1S/C13H20ClN3O3/c1-8(2)19-12-15-11(14)16-13(17-12)20-10-6-4-5-9(7-10)18-3/h8-10H,4-7H2,1-3H3. The lowest BCUT2D eigenvalue weighted by molar-refractivity contribution is 0.0174. The number of rotatable bonds is 5. The molecule has 0 bridgehead atoms. The van der Waals surface area contributed by atoms with Crippen molar-refractivity contribution in [1.29, 1.82) is 0 Å². The molecule has 2 atom stereocenters. The molecule has 20 heavy (non-hydrogen) atoms. The zero-order chi connectivity index (χ0) is 14.5. The van der Waals surface area contributed by atoms with Crippen molar-refractivity contribution in [2.45, 2.75) is 57.8 Å². The van der Waals surface area contributed by atoms with Crippen LogP contribution >= 0.6 is 11.6 Å². The van der Waals surface area contributed by atoms with E-state index in [0.717, 1.165) is 25.7 Å². The Morgan fingerprint density at radius 1 is 1.10 bits per heavy atom. The van der Waals surface area contributed by atoms with Crippen LogP contribution in [0.5, 0.6) is 12.0 Å². The highest BCUT2D eigenvalue weighted by atomic mass is 35.5. The minimum absolute atomic E-state index is 0.0335. The maximum absolute atomic E-state index is 5.86. The van der Waals surface area contributed by atoms with Crippen LogP contribution in [0.1, 0.15) is 39.5 Å². The van der Waals surface area contributed by atoms with E-state index in [1.165, 1.54) is 0 Å². The molecule has 2 rings (SSSR count). The molecular weight excluding hydrogens is 282 g/mol. The van der Waals surface area contributed by atoms with E-state index in [0.29, 0.717) is 0 Å². The Morgan fingerprint density at radius 2 is 1.80 bits per heavy atom. The fraction of sp³-hybridized carbons (Fsp3) is 0.769. The minimum atomic E-state index is -0.0335. The highest BCUT2D eigenvalue weighted by molar-refractivity contribution is 6.28. The first-order valence-corrected chi connectivity index (χ1v) is 7.22. The van der Waals surface area contributed by atoms with E-state index >= 15 is 0 Å². The Bertz CT molecular complexity index is 445. The van der Waals surface area contributed by atoms with Gasteiger partial charge < -0.3 is 14.2 Å². The molecule has 0 N–H and O–H groups in total. The summed E-state index contributed by atoms with van der Waals surface area (Å²) in [6, 6.07) is 0.400.